The third kappa shape index (κ3) is 4.34. The van der Waals surface area contributed by atoms with Gasteiger partial charge in [-0.2, -0.15) is 0 Å². The van der Waals surface area contributed by atoms with Gasteiger partial charge < -0.3 is 14.5 Å². The minimum atomic E-state index is 0.878. The van der Waals surface area contributed by atoms with E-state index in [1.807, 2.05) is 0 Å². The number of aryl methyl sites for hydroxylation is 4. The maximum atomic E-state index is 6.34. The van der Waals surface area contributed by atoms with Crippen LogP contribution >= 0.6 is 0 Å². The van der Waals surface area contributed by atoms with Crippen molar-refractivity contribution in [2.45, 2.75) is 27.7 Å². The molecule has 6 rings (SSSR count). The van der Waals surface area contributed by atoms with Gasteiger partial charge in [-0.3, -0.25) is 0 Å². The molecular formula is C34H30N2O. The van der Waals surface area contributed by atoms with Crippen LogP contribution in [0.2, 0.25) is 0 Å². The predicted octanol–water partition coefficient (Wildman–Crippen LogP) is 9.97. The Bertz CT molecular complexity index is 1470. The Labute approximate surface area is 219 Å². The van der Waals surface area contributed by atoms with Crippen molar-refractivity contribution in [2.24, 2.45) is 0 Å². The van der Waals surface area contributed by atoms with E-state index in [2.05, 4.69) is 147 Å². The van der Waals surface area contributed by atoms with Gasteiger partial charge in [0.25, 0.3) is 0 Å². The van der Waals surface area contributed by atoms with Crippen molar-refractivity contribution in [3.8, 4) is 11.5 Å². The van der Waals surface area contributed by atoms with Crippen molar-refractivity contribution >= 4 is 34.1 Å². The normalized spacial score (nSPS) is 11.9. The summed E-state index contributed by atoms with van der Waals surface area (Å²) in [7, 11) is 0. The van der Waals surface area contributed by atoms with Gasteiger partial charge in [-0.15, -0.1) is 0 Å². The molecule has 1 heterocycles. The number of ether oxygens (including phenoxy) is 1. The van der Waals surface area contributed by atoms with Crippen LogP contribution in [0, 0.1) is 27.7 Å². The first kappa shape index (κ1) is 22.9. The van der Waals surface area contributed by atoms with E-state index in [9.17, 15) is 0 Å². The Kier molecular flexibility index (Phi) is 5.69. The Morgan fingerprint density at radius 3 is 1.27 bits per heavy atom. The Morgan fingerprint density at radius 2 is 0.838 bits per heavy atom. The van der Waals surface area contributed by atoms with Crippen molar-refractivity contribution < 1.29 is 4.74 Å². The maximum Gasteiger partial charge on any atom is 0.151 e. The van der Waals surface area contributed by atoms with Crippen LogP contribution in [0.25, 0.3) is 0 Å². The molecule has 0 amide bonds. The van der Waals surface area contributed by atoms with Crippen LogP contribution in [0.1, 0.15) is 22.3 Å². The van der Waals surface area contributed by atoms with Crippen LogP contribution < -0.4 is 14.5 Å². The summed E-state index contributed by atoms with van der Waals surface area (Å²) in [4.78, 5) is 4.59. The van der Waals surface area contributed by atoms with Crippen molar-refractivity contribution in [3.63, 3.8) is 0 Å². The average Bonchev–Trinajstić information content (AvgIpc) is 2.90. The van der Waals surface area contributed by atoms with Gasteiger partial charge in [0.2, 0.25) is 0 Å². The molecule has 3 heteroatoms. The first-order chi connectivity index (χ1) is 18.0. The maximum absolute atomic E-state index is 6.34. The van der Waals surface area contributed by atoms with E-state index in [0.717, 1.165) is 45.6 Å². The largest absolute Gasteiger partial charge is 0.453 e. The molecule has 0 aliphatic carbocycles. The lowest BCUT2D eigenvalue weighted by atomic mass is 10.1. The summed E-state index contributed by atoms with van der Waals surface area (Å²) in [5.41, 5.74) is 11.4. The molecule has 0 spiro atoms. The van der Waals surface area contributed by atoms with Crippen LogP contribution in [-0.2, 0) is 0 Å². The van der Waals surface area contributed by atoms with Crippen LogP contribution in [0.15, 0.2) is 109 Å². The number of nitrogens with zero attached hydrogens (tertiary/aromatic N) is 2. The second-order valence-corrected chi connectivity index (χ2v) is 9.90. The van der Waals surface area contributed by atoms with Gasteiger partial charge in [0.15, 0.2) is 11.5 Å². The molecule has 0 atom stereocenters. The lowest BCUT2D eigenvalue weighted by Crippen LogP contribution is -2.16. The van der Waals surface area contributed by atoms with Gasteiger partial charge in [0.1, 0.15) is 0 Å². The third-order valence-electron chi connectivity index (χ3n) is 6.88. The molecule has 0 fully saturated rings. The average molecular weight is 483 g/mol. The van der Waals surface area contributed by atoms with E-state index in [-0.39, 0.29) is 0 Å². The number of benzene rings is 5. The molecule has 37 heavy (non-hydrogen) atoms. The zero-order valence-corrected chi connectivity index (χ0v) is 21.7. The van der Waals surface area contributed by atoms with Gasteiger partial charge in [0, 0.05) is 22.7 Å². The third-order valence-corrected chi connectivity index (χ3v) is 6.88. The van der Waals surface area contributed by atoms with Crippen molar-refractivity contribution in [3.05, 3.63) is 131 Å². The van der Waals surface area contributed by atoms with Crippen LogP contribution in [-0.4, -0.2) is 0 Å². The van der Waals surface area contributed by atoms with E-state index in [1.54, 1.807) is 0 Å². The monoisotopic (exact) mass is 482 g/mol. The van der Waals surface area contributed by atoms with Crippen molar-refractivity contribution in [1.82, 2.24) is 0 Å². The topological polar surface area (TPSA) is 15.7 Å². The molecule has 5 aromatic carbocycles. The molecular weight excluding hydrogens is 452 g/mol. The molecule has 0 saturated carbocycles. The zero-order valence-electron chi connectivity index (χ0n) is 21.7. The fourth-order valence-electron chi connectivity index (χ4n) is 4.89. The minimum absolute atomic E-state index is 0.878. The van der Waals surface area contributed by atoms with Gasteiger partial charge in [-0.05, 0) is 112 Å². The lowest BCUT2D eigenvalue weighted by Gasteiger charge is -2.33. The summed E-state index contributed by atoms with van der Waals surface area (Å²) in [5.74, 6) is 1.76. The SMILES string of the molecule is Cc1ccc(N(c2ccc(C)cc2)c2ccc(N3c4ccc(C)cc4Oc4cc(C)ccc43)cc2)cc1. The van der Waals surface area contributed by atoms with Gasteiger partial charge in [0.05, 0.1) is 11.4 Å². The molecule has 1 aliphatic heterocycles. The summed E-state index contributed by atoms with van der Waals surface area (Å²) in [6.07, 6.45) is 0. The highest BCUT2D eigenvalue weighted by molar-refractivity contribution is 5.87. The summed E-state index contributed by atoms with van der Waals surface area (Å²) >= 11 is 0. The minimum Gasteiger partial charge on any atom is -0.453 e. The number of hydrogen-bond acceptors (Lipinski definition) is 3. The number of rotatable bonds is 4. The summed E-state index contributed by atoms with van der Waals surface area (Å²) in [6.45, 7) is 8.43. The summed E-state index contributed by atoms with van der Waals surface area (Å²) in [5, 5.41) is 0. The summed E-state index contributed by atoms with van der Waals surface area (Å²) in [6, 6.07) is 39.0. The smallest absolute Gasteiger partial charge is 0.151 e. The fourth-order valence-corrected chi connectivity index (χ4v) is 4.89. The zero-order chi connectivity index (χ0) is 25.5. The van der Waals surface area contributed by atoms with Crippen LogP contribution in [0.4, 0.5) is 34.1 Å². The first-order valence-electron chi connectivity index (χ1n) is 12.7. The van der Waals surface area contributed by atoms with Crippen LogP contribution in [0.3, 0.4) is 0 Å². The molecule has 0 N–H and O–H groups in total. The molecule has 0 radical (unpaired) electrons. The second kappa shape index (κ2) is 9.18. The Hall–Kier alpha value is -4.50. The highest BCUT2D eigenvalue weighted by Crippen LogP contribution is 2.51. The van der Waals surface area contributed by atoms with Crippen molar-refractivity contribution in [2.75, 3.05) is 9.80 Å². The van der Waals surface area contributed by atoms with E-state index < -0.39 is 0 Å². The standard InChI is InChI=1S/C34H30N2O/c1-23-5-11-27(12-6-23)35(28-13-7-24(2)8-14-28)29-15-17-30(18-16-29)36-31-19-9-25(3)21-33(31)37-34-22-26(4)10-20-32(34)36/h5-22H,1-4H3. The number of anilines is 6. The molecule has 0 saturated heterocycles. The second-order valence-electron chi connectivity index (χ2n) is 9.90. The first-order valence-corrected chi connectivity index (χ1v) is 12.7. The molecule has 1 aliphatic rings. The van der Waals surface area contributed by atoms with E-state index >= 15 is 0 Å². The number of fused-ring (bicyclic) bond motifs is 2. The highest BCUT2D eigenvalue weighted by Gasteiger charge is 2.26. The molecule has 5 aromatic rings. The number of hydrogen-bond donors (Lipinski definition) is 0. The molecule has 0 aromatic heterocycles. The van der Waals surface area contributed by atoms with Gasteiger partial charge in [-0.1, -0.05) is 47.5 Å². The van der Waals surface area contributed by atoms with Gasteiger partial charge in [-0.25, -0.2) is 0 Å². The van der Waals surface area contributed by atoms with E-state index in [4.69, 9.17) is 4.74 Å². The Balaban J connectivity index is 1.45. The quantitative estimate of drug-likeness (QED) is 0.249. The predicted molar refractivity (Wildman–Crippen MR) is 155 cm³/mol. The molecule has 3 nitrogen and oxygen atoms in total. The lowest BCUT2D eigenvalue weighted by molar-refractivity contribution is 0.476. The van der Waals surface area contributed by atoms with Gasteiger partial charge >= 0.3 is 0 Å². The molecule has 0 unspecified atom stereocenters. The van der Waals surface area contributed by atoms with E-state index in [0.29, 0.717) is 0 Å². The fraction of sp³-hybridized carbons (Fsp3) is 0.118. The molecule has 0 bridgehead atoms. The van der Waals surface area contributed by atoms with E-state index in [1.165, 1.54) is 22.3 Å². The summed E-state index contributed by atoms with van der Waals surface area (Å²) < 4.78 is 6.34. The van der Waals surface area contributed by atoms with Crippen molar-refractivity contribution in [1.29, 1.82) is 0 Å². The molecule has 182 valence electrons. The Morgan fingerprint density at radius 1 is 0.459 bits per heavy atom. The van der Waals surface area contributed by atoms with Crippen LogP contribution in [0.5, 0.6) is 11.5 Å². The highest BCUT2D eigenvalue weighted by atomic mass is 16.5.